The molecule has 6 N–H and O–H groups in total. The van der Waals surface area contributed by atoms with Crippen LogP contribution in [0, 0.1) is 11.2 Å². The summed E-state index contributed by atoms with van der Waals surface area (Å²) in [6.07, 6.45) is 0. The maximum atomic E-state index is 14.0. The summed E-state index contributed by atoms with van der Waals surface area (Å²) < 4.78 is 14.0. The number of hydrogen-bond acceptors (Lipinski definition) is 1. The normalized spacial score (nSPS) is 10.3. The first kappa shape index (κ1) is 16.0. The Kier molecular flexibility index (Phi) is 4.79. The van der Waals surface area contributed by atoms with E-state index in [1.165, 1.54) is 6.07 Å². The van der Waals surface area contributed by atoms with E-state index in [4.69, 9.17) is 28.5 Å². The fourth-order valence-electron chi connectivity index (χ4n) is 2.12. The third-order valence-corrected chi connectivity index (χ3v) is 4.02. The highest BCUT2D eigenvalue weighted by atomic mass is 35.5. The number of halogens is 2. The molecule has 0 aromatic heterocycles. The van der Waals surface area contributed by atoms with E-state index in [1.807, 2.05) is 0 Å². The highest BCUT2D eigenvalue weighted by Crippen LogP contribution is 2.30. The fourth-order valence-corrected chi connectivity index (χ4v) is 3.49. The molecule has 0 aliphatic rings. The summed E-state index contributed by atoms with van der Waals surface area (Å²) in [6, 6.07) is 9.89. The van der Waals surface area contributed by atoms with E-state index < -0.39 is 0 Å². The van der Waals surface area contributed by atoms with E-state index in [1.54, 1.807) is 30.3 Å². The quantitative estimate of drug-likeness (QED) is 0.370. The number of nitrogens with one attached hydrogen (secondary N) is 2. The summed E-state index contributed by atoms with van der Waals surface area (Å²) in [5.41, 5.74) is 12.1. The van der Waals surface area contributed by atoms with Gasteiger partial charge < -0.3 is 16.8 Å². The minimum absolute atomic E-state index is 0.198. The zero-order valence-corrected chi connectivity index (χ0v) is 14.6. The van der Waals surface area contributed by atoms with Crippen LogP contribution >= 0.6 is 11.6 Å². The van der Waals surface area contributed by atoms with Gasteiger partial charge in [0.2, 0.25) is 5.96 Å². The summed E-state index contributed by atoms with van der Waals surface area (Å²) in [7, 11) is 0.657. The zero-order chi connectivity index (χ0) is 16.3. The van der Waals surface area contributed by atoms with Crippen LogP contribution in [-0.2, 0) is 0 Å². The predicted octanol–water partition coefficient (Wildman–Crippen LogP) is 0.757. The Morgan fingerprint density at radius 3 is 2.55 bits per heavy atom. The maximum Gasteiger partial charge on any atom is 0.222 e. The lowest BCUT2D eigenvalue weighted by Crippen LogP contribution is -2.26. The summed E-state index contributed by atoms with van der Waals surface area (Å²) in [5.74, 6) is -0.732. The van der Waals surface area contributed by atoms with Crippen LogP contribution in [0.4, 0.5) is 10.1 Å². The van der Waals surface area contributed by atoms with Crippen molar-refractivity contribution >= 4 is 44.6 Å². The zero-order valence-electron chi connectivity index (χ0n) is 11.8. The van der Waals surface area contributed by atoms with E-state index in [0.717, 1.165) is 5.19 Å². The molecule has 0 heterocycles. The summed E-state index contributed by atoms with van der Waals surface area (Å²) in [5, 5.41) is 11.6. The van der Waals surface area contributed by atoms with Gasteiger partial charge in [-0.1, -0.05) is 35.0 Å². The van der Waals surface area contributed by atoms with Crippen LogP contribution in [0.1, 0.15) is 0 Å². The third-order valence-electron chi connectivity index (χ3n) is 2.93. The van der Waals surface area contributed by atoms with E-state index in [2.05, 4.69) is 10.3 Å². The van der Waals surface area contributed by atoms with Crippen molar-refractivity contribution in [2.45, 2.75) is 0 Å². The Morgan fingerprint density at radius 1 is 1.27 bits per heavy atom. The van der Waals surface area contributed by atoms with Gasteiger partial charge in [-0.05, 0) is 18.2 Å². The van der Waals surface area contributed by atoms with Crippen LogP contribution in [0.5, 0.6) is 0 Å². The lowest BCUT2D eigenvalue weighted by molar-refractivity contribution is 0.631. The highest BCUT2D eigenvalue weighted by molar-refractivity contribution is 6.42. The van der Waals surface area contributed by atoms with Gasteiger partial charge in [-0.2, -0.15) is 4.99 Å². The predicted molar refractivity (Wildman–Crippen MR) is 93.6 cm³/mol. The summed E-state index contributed by atoms with van der Waals surface area (Å²) >= 11 is 6.29. The van der Waals surface area contributed by atoms with Crippen molar-refractivity contribution in [1.29, 1.82) is 5.41 Å². The van der Waals surface area contributed by atoms with Crippen molar-refractivity contribution in [1.82, 2.24) is 0 Å². The highest BCUT2D eigenvalue weighted by Gasteiger charge is 2.13. The molecular formula is C14H15ClFN5Si. The van der Waals surface area contributed by atoms with E-state index in [9.17, 15) is 4.39 Å². The number of aliphatic imine (C=N–C) groups is 1. The van der Waals surface area contributed by atoms with Crippen molar-refractivity contribution in [2.75, 3.05) is 5.32 Å². The Labute approximate surface area is 135 Å². The number of nitrogens with zero attached hydrogens (tertiary/aromatic N) is 1. The molecule has 0 radical (unpaired) electrons. The monoisotopic (exact) mass is 335 g/mol. The molecule has 0 saturated heterocycles. The first-order valence-corrected chi connectivity index (χ1v) is 7.76. The molecule has 22 heavy (non-hydrogen) atoms. The number of nitrogens with two attached hydrogens (primary N) is 2. The second-order valence-electron chi connectivity index (χ2n) is 4.64. The number of anilines is 1. The molecule has 0 bridgehead atoms. The molecule has 2 aromatic carbocycles. The molecule has 0 spiro atoms. The van der Waals surface area contributed by atoms with E-state index >= 15 is 0 Å². The van der Waals surface area contributed by atoms with Gasteiger partial charge in [-0.15, -0.1) is 0 Å². The number of hydrogen-bond donors (Lipinski definition) is 4. The van der Waals surface area contributed by atoms with E-state index in [-0.39, 0.29) is 17.7 Å². The van der Waals surface area contributed by atoms with Gasteiger partial charge in [0.15, 0.2) is 5.96 Å². The molecular weight excluding hydrogens is 321 g/mol. The second kappa shape index (κ2) is 6.59. The third kappa shape index (κ3) is 3.63. The van der Waals surface area contributed by atoms with Gasteiger partial charge in [0.25, 0.3) is 0 Å². The Hall–Kier alpha value is -2.38. The van der Waals surface area contributed by atoms with Gasteiger partial charge >= 0.3 is 0 Å². The average molecular weight is 336 g/mol. The first-order valence-electron chi connectivity index (χ1n) is 6.38. The van der Waals surface area contributed by atoms with Crippen molar-refractivity contribution in [3.05, 3.63) is 47.2 Å². The van der Waals surface area contributed by atoms with Gasteiger partial charge in [0, 0.05) is 27.1 Å². The second-order valence-corrected chi connectivity index (χ2v) is 6.12. The Balaban J connectivity index is 2.40. The van der Waals surface area contributed by atoms with Crippen LogP contribution in [0.3, 0.4) is 0 Å². The first-order chi connectivity index (χ1) is 10.4. The maximum absolute atomic E-state index is 14.0. The lowest BCUT2D eigenvalue weighted by Gasteiger charge is -2.13. The molecule has 0 saturated carbocycles. The van der Waals surface area contributed by atoms with Crippen LogP contribution in [0.15, 0.2) is 41.4 Å². The van der Waals surface area contributed by atoms with Crippen molar-refractivity contribution < 1.29 is 4.39 Å². The number of benzene rings is 2. The van der Waals surface area contributed by atoms with Crippen molar-refractivity contribution in [3.63, 3.8) is 0 Å². The SMILES string of the molecule is N=C(N=C(N)N)Nc1cc([SiH3])c(-c2ccccc2F)c(Cl)c1. The molecule has 114 valence electrons. The number of guanidine groups is 2. The molecule has 0 aliphatic heterocycles. The molecule has 5 nitrogen and oxygen atoms in total. The minimum atomic E-state index is -0.324. The molecule has 0 atom stereocenters. The molecule has 2 rings (SSSR count). The van der Waals surface area contributed by atoms with Crippen LogP contribution in [0.25, 0.3) is 11.1 Å². The van der Waals surface area contributed by atoms with Gasteiger partial charge in [-0.25, -0.2) is 4.39 Å². The van der Waals surface area contributed by atoms with Crippen LogP contribution < -0.4 is 22.0 Å². The van der Waals surface area contributed by atoms with Crippen LogP contribution in [0.2, 0.25) is 5.02 Å². The summed E-state index contributed by atoms with van der Waals surface area (Å²) in [4.78, 5) is 3.58. The van der Waals surface area contributed by atoms with Crippen molar-refractivity contribution in [3.8, 4) is 11.1 Å². The minimum Gasteiger partial charge on any atom is -0.370 e. The molecule has 0 aliphatic carbocycles. The summed E-state index contributed by atoms with van der Waals surface area (Å²) in [6.45, 7) is 0. The molecule has 2 aromatic rings. The van der Waals surface area contributed by atoms with Crippen LogP contribution in [-0.4, -0.2) is 22.2 Å². The van der Waals surface area contributed by atoms with Crippen molar-refractivity contribution in [2.24, 2.45) is 16.5 Å². The number of rotatable bonds is 2. The lowest BCUT2D eigenvalue weighted by atomic mass is 10.0. The van der Waals surface area contributed by atoms with Gasteiger partial charge in [-0.3, -0.25) is 5.41 Å². The molecule has 0 fully saturated rings. The molecule has 8 heteroatoms. The average Bonchev–Trinajstić information content (AvgIpc) is 2.39. The Morgan fingerprint density at radius 2 is 1.95 bits per heavy atom. The standard InChI is InChI=1S/C14H15ClFN5Si/c15-9-5-7(20-14(19)21-13(17)18)6-11(22)12(9)8-3-1-2-4-10(8)16/h1-6H,22H3,(H6,17,18,19,20,21). The van der Waals surface area contributed by atoms with E-state index in [0.29, 0.717) is 32.1 Å². The molecule has 0 unspecified atom stereocenters. The van der Waals surface area contributed by atoms with Gasteiger partial charge in [0.05, 0.1) is 5.02 Å². The Bertz CT molecular complexity index is 736. The topological polar surface area (TPSA) is 100 Å². The van der Waals surface area contributed by atoms with Gasteiger partial charge in [0.1, 0.15) is 5.82 Å². The largest absolute Gasteiger partial charge is 0.370 e. The molecule has 0 amide bonds. The fraction of sp³-hybridized carbons (Fsp3) is 0. The smallest absolute Gasteiger partial charge is 0.222 e.